The number of carbonyl (C=O) groups excluding carboxylic acids is 1. The summed E-state index contributed by atoms with van der Waals surface area (Å²) in [6, 6.07) is 8.34. The van der Waals surface area contributed by atoms with Gasteiger partial charge in [-0.1, -0.05) is 26.0 Å². The summed E-state index contributed by atoms with van der Waals surface area (Å²) < 4.78 is 5.22. The zero-order valence-corrected chi connectivity index (χ0v) is 13.1. The number of carbonyl (C=O) groups is 1. The van der Waals surface area contributed by atoms with Crippen LogP contribution in [0.2, 0.25) is 0 Å². The highest BCUT2D eigenvalue weighted by Gasteiger charge is 2.60. The van der Waals surface area contributed by atoms with Gasteiger partial charge in [0.25, 0.3) is 0 Å². The highest BCUT2D eigenvalue weighted by Crippen LogP contribution is 2.47. The molecule has 21 heavy (non-hydrogen) atoms. The Morgan fingerprint density at radius 2 is 1.90 bits per heavy atom. The molecule has 1 atom stereocenters. The van der Waals surface area contributed by atoms with E-state index in [1.807, 2.05) is 12.1 Å². The Labute approximate surface area is 126 Å². The Balaban J connectivity index is 1.92. The second-order valence-electron chi connectivity index (χ2n) is 6.08. The van der Waals surface area contributed by atoms with Crippen molar-refractivity contribution in [2.75, 3.05) is 7.11 Å². The van der Waals surface area contributed by atoms with Crippen molar-refractivity contribution in [3.05, 3.63) is 29.8 Å². The highest BCUT2D eigenvalue weighted by atomic mass is 16.5. The minimum absolute atomic E-state index is 0.00388. The van der Waals surface area contributed by atoms with E-state index in [4.69, 9.17) is 4.74 Å². The van der Waals surface area contributed by atoms with Crippen molar-refractivity contribution in [3.8, 4) is 5.75 Å². The molecule has 4 nitrogen and oxygen atoms in total. The molecule has 0 aromatic heterocycles. The summed E-state index contributed by atoms with van der Waals surface area (Å²) in [5, 5.41) is 3.58. The van der Waals surface area contributed by atoms with Gasteiger partial charge in [0, 0.05) is 6.04 Å². The van der Waals surface area contributed by atoms with Crippen LogP contribution in [0.5, 0.6) is 5.75 Å². The number of rotatable bonds is 5. The Hall–Kier alpha value is -1.55. The molecule has 1 aromatic carbocycles. The molecule has 1 amide bonds. The number of methoxy groups -OCH3 is 1. The Morgan fingerprint density at radius 1 is 1.29 bits per heavy atom. The molecule has 1 aromatic rings. The summed E-state index contributed by atoms with van der Waals surface area (Å²) >= 11 is 0. The van der Waals surface area contributed by atoms with Crippen molar-refractivity contribution >= 4 is 5.91 Å². The molecule has 4 heteroatoms. The zero-order valence-electron chi connectivity index (χ0n) is 13.1. The molecule has 1 unspecified atom stereocenters. The van der Waals surface area contributed by atoms with Crippen LogP contribution in [-0.4, -0.2) is 29.5 Å². The fraction of sp³-hybridized carbons (Fsp3) is 0.588. The first-order valence-corrected chi connectivity index (χ1v) is 7.89. The fourth-order valence-corrected chi connectivity index (χ4v) is 3.33. The molecule has 1 N–H and O–H groups in total. The molecule has 1 heterocycles. The fourth-order valence-electron chi connectivity index (χ4n) is 3.33. The van der Waals surface area contributed by atoms with Gasteiger partial charge in [-0.15, -0.1) is 0 Å². The molecule has 2 aliphatic rings. The monoisotopic (exact) mass is 288 g/mol. The molecule has 1 aliphatic heterocycles. The van der Waals surface area contributed by atoms with Gasteiger partial charge in [-0.3, -0.25) is 10.1 Å². The minimum Gasteiger partial charge on any atom is -0.497 e. The van der Waals surface area contributed by atoms with Gasteiger partial charge in [0.2, 0.25) is 5.91 Å². The van der Waals surface area contributed by atoms with E-state index in [1.54, 1.807) is 7.11 Å². The molecule has 3 rings (SSSR count). The molecule has 1 aliphatic carbocycles. The first-order chi connectivity index (χ1) is 10.1. The van der Waals surface area contributed by atoms with E-state index in [0.29, 0.717) is 6.04 Å². The third-order valence-corrected chi connectivity index (χ3v) is 4.85. The summed E-state index contributed by atoms with van der Waals surface area (Å²) in [7, 11) is 1.67. The third-order valence-electron chi connectivity index (χ3n) is 4.85. The number of hydrogen-bond acceptors (Lipinski definition) is 3. The van der Waals surface area contributed by atoms with Gasteiger partial charge >= 0.3 is 0 Å². The predicted molar refractivity (Wildman–Crippen MR) is 82.1 cm³/mol. The molecule has 1 saturated carbocycles. The second-order valence-corrected chi connectivity index (χ2v) is 6.08. The van der Waals surface area contributed by atoms with E-state index in [0.717, 1.165) is 37.0 Å². The molecule has 1 saturated heterocycles. The Kier molecular flexibility index (Phi) is 3.66. The summed E-state index contributed by atoms with van der Waals surface area (Å²) in [6.45, 7) is 4.31. The first-order valence-electron chi connectivity index (χ1n) is 7.89. The number of benzene rings is 1. The van der Waals surface area contributed by atoms with Crippen LogP contribution in [0, 0.1) is 0 Å². The first kappa shape index (κ1) is 14.4. The SMILES string of the molecule is CCC(CC)N1C(=O)C2(CC2)NC1c1ccc(OC)cc1. The van der Waals surface area contributed by atoms with Gasteiger partial charge in [0.1, 0.15) is 17.5 Å². The lowest BCUT2D eigenvalue weighted by atomic mass is 10.1. The van der Waals surface area contributed by atoms with Crippen molar-refractivity contribution in [1.82, 2.24) is 10.2 Å². The van der Waals surface area contributed by atoms with Crippen LogP contribution in [0.1, 0.15) is 51.3 Å². The average Bonchev–Trinajstić information content (AvgIpc) is 3.25. The maximum Gasteiger partial charge on any atom is 0.244 e. The van der Waals surface area contributed by atoms with Crippen LogP contribution in [0.4, 0.5) is 0 Å². The molecule has 0 radical (unpaired) electrons. The summed E-state index contributed by atoms with van der Waals surface area (Å²) in [5.74, 6) is 1.13. The van der Waals surface area contributed by atoms with Gasteiger partial charge in [0.05, 0.1) is 7.11 Å². The average molecular weight is 288 g/mol. The molecule has 2 fully saturated rings. The van der Waals surface area contributed by atoms with Crippen LogP contribution in [-0.2, 0) is 4.79 Å². The van der Waals surface area contributed by atoms with Gasteiger partial charge in [-0.25, -0.2) is 0 Å². The van der Waals surface area contributed by atoms with E-state index in [-0.39, 0.29) is 17.6 Å². The predicted octanol–water partition coefficient (Wildman–Crippen LogP) is 2.85. The van der Waals surface area contributed by atoms with Crippen LogP contribution in [0.3, 0.4) is 0 Å². The van der Waals surface area contributed by atoms with Crippen LogP contribution in [0.25, 0.3) is 0 Å². The van der Waals surface area contributed by atoms with Crippen molar-refractivity contribution in [1.29, 1.82) is 0 Å². The topological polar surface area (TPSA) is 41.6 Å². The molecular formula is C17H24N2O2. The van der Waals surface area contributed by atoms with Gasteiger partial charge < -0.3 is 9.64 Å². The maximum absolute atomic E-state index is 12.8. The minimum atomic E-state index is -0.271. The quantitative estimate of drug-likeness (QED) is 0.906. The van der Waals surface area contributed by atoms with Crippen LogP contribution < -0.4 is 10.1 Å². The summed E-state index contributed by atoms with van der Waals surface area (Å²) in [4.78, 5) is 14.9. The maximum atomic E-state index is 12.8. The smallest absolute Gasteiger partial charge is 0.244 e. The number of amides is 1. The number of nitrogens with zero attached hydrogens (tertiary/aromatic N) is 1. The van der Waals surface area contributed by atoms with Crippen LogP contribution >= 0.6 is 0 Å². The van der Waals surface area contributed by atoms with Crippen molar-refractivity contribution in [2.45, 2.75) is 57.3 Å². The van der Waals surface area contributed by atoms with Crippen molar-refractivity contribution < 1.29 is 9.53 Å². The molecule has 1 spiro atoms. The van der Waals surface area contributed by atoms with Crippen molar-refractivity contribution in [3.63, 3.8) is 0 Å². The normalized spacial score (nSPS) is 23.1. The zero-order chi connectivity index (χ0) is 15.0. The number of hydrogen-bond donors (Lipinski definition) is 1. The second kappa shape index (κ2) is 5.34. The van der Waals surface area contributed by atoms with E-state index in [2.05, 4.69) is 36.2 Å². The third kappa shape index (κ3) is 2.31. The largest absolute Gasteiger partial charge is 0.497 e. The lowest BCUT2D eigenvalue weighted by Gasteiger charge is -2.32. The summed E-state index contributed by atoms with van der Waals surface area (Å²) in [5.41, 5.74) is 0.868. The van der Waals surface area contributed by atoms with Gasteiger partial charge in [-0.2, -0.15) is 0 Å². The molecule has 114 valence electrons. The summed E-state index contributed by atoms with van der Waals surface area (Å²) in [6.07, 6.45) is 3.92. The Morgan fingerprint density at radius 3 is 2.38 bits per heavy atom. The van der Waals surface area contributed by atoms with Gasteiger partial charge in [0.15, 0.2) is 0 Å². The lowest BCUT2D eigenvalue weighted by Crippen LogP contribution is -2.39. The van der Waals surface area contributed by atoms with E-state index in [9.17, 15) is 4.79 Å². The van der Waals surface area contributed by atoms with Gasteiger partial charge in [-0.05, 0) is 43.4 Å². The van der Waals surface area contributed by atoms with E-state index >= 15 is 0 Å². The highest BCUT2D eigenvalue weighted by molar-refractivity contribution is 5.92. The Bertz CT molecular complexity index is 518. The lowest BCUT2D eigenvalue weighted by molar-refractivity contribution is -0.133. The van der Waals surface area contributed by atoms with E-state index in [1.165, 1.54) is 0 Å². The van der Waals surface area contributed by atoms with Crippen LogP contribution in [0.15, 0.2) is 24.3 Å². The van der Waals surface area contributed by atoms with E-state index < -0.39 is 0 Å². The standard InChI is InChI=1S/C17H24N2O2/c1-4-13(5-2)19-15(18-17(10-11-17)16(19)20)12-6-8-14(21-3)9-7-12/h6-9,13,15,18H,4-5,10-11H2,1-3H3. The molecular weight excluding hydrogens is 264 g/mol. The van der Waals surface area contributed by atoms with Crippen molar-refractivity contribution in [2.24, 2.45) is 0 Å². The number of ether oxygens (including phenoxy) is 1. The number of nitrogens with one attached hydrogen (secondary N) is 1. The molecule has 0 bridgehead atoms.